The number of hydrogen-bond acceptors (Lipinski definition) is 3. The first-order valence-electron chi connectivity index (χ1n) is 4.15. The molecule has 1 aromatic rings. The molecule has 0 bridgehead atoms. The zero-order valence-corrected chi connectivity index (χ0v) is 7.90. The van der Waals surface area contributed by atoms with Crippen molar-refractivity contribution in [3.63, 3.8) is 0 Å². The van der Waals surface area contributed by atoms with Gasteiger partial charge < -0.3 is 10.3 Å². The Morgan fingerprint density at radius 3 is 2.75 bits per heavy atom. The van der Waals surface area contributed by atoms with Gasteiger partial charge in [-0.3, -0.25) is 0 Å². The third-order valence-electron chi connectivity index (χ3n) is 1.73. The second-order valence-electron chi connectivity index (χ2n) is 2.76. The van der Waals surface area contributed by atoms with E-state index in [0.717, 1.165) is 12.8 Å². The van der Waals surface area contributed by atoms with Gasteiger partial charge in [0, 0.05) is 6.42 Å². The highest BCUT2D eigenvalue weighted by Crippen LogP contribution is 2.23. The van der Waals surface area contributed by atoms with E-state index in [1.807, 2.05) is 0 Å². The summed E-state index contributed by atoms with van der Waals surface area (Å²) in [5.74, 6) is 1.01. The number of aryl methyl sites for hydroxylation is 1. The molecule has 0 aliphatic rings. The van der Waals surface area contributed by atoms with E-state index in [9.17, 15) is 0 Å². The Balaban J connectivity index is 2.46. The van der Waals surface area contributed by atoms with Gasteiger partial charge >= 0.3 is 0 Å². The van der Waals surface area contributed by atoms with Crippen LogP contribution in [0.2, 0.25) is 5.02 Å². The average Bonchev–Trinajstić information content (AvgIpc) is 2.36. The van der Waals surface area contributed by atoms with Crippen LogP contribution in [-0.2, 0) is 6.42 Å². The van der Waals surface area contributed by atoms with Crippen molar-refractivity contribution in [2.75, 3.05) is 5.73 Å². The van der Waals surface area contributed by atoms with Crippen LogP contribution in [0.25, 0.3) is 0 Å². The fourth-order valence-corrected chi connectivity index (χ4v) is 1.18. The summed E-state index contributed by atoms with van der Waals surface area (Å²) in [4.78, 5) is 0. The quantitative estimate of drug-likeness (QED) is 0.740. The minimum Gasteiger partial charge on any atom is -0.380 e. The van der Waals surface area contributed by atoms with Crippen LogP contribution in [0, 0.1) is 0 Å². The molecule has 0 radical (unpaired) electrons. The monoisotopic (exact) mass is 188 g/mol. The molecule has 2 N–H and O–H groups in total. The number of halogens is 1. The molecule has 0 saturated carbocycles. The summed E-state index contributed by atoms with van der Waals surface area (Å²) >= 11 is 5.81. The molecule has 0 atom stereocenters. The van der Waals surface area contributed by atoms with E-state index in [2.05, 4.69) is 12.1 Å². The molecule has 68 valence electrons. The fraction of sp³-hybridized carbons (Fsp3) is 0.625. The van der Waals surface area contributed by atoms with Crippen molar-refractivity contribution in [1.29, 1.82) is 0 Å². The standard InChI is InChI=1S/C8H13ClN2O/c1-2-3-4-5-6-7(9)8(10)11-12-6/h2-5H2,1H3,(H2,10,11). The second kappa shape index (κ2) is 4.36. The second-order valence-corrected chi connectivity index (χ2v) is 3.14. The van der Waals surface area contributed by atoms with Crippen molar-refractivity contribution in [3.05, 3.63) is 10.8 Å². The average molecular weight is 189 g/mol. The molecule has 1 aromatic heterocycles. The summed E-state index contributed by atoms with van der Waals surface area (Å²) in [5, 5.41) is 4.04. The summed E-state index contributed by atoms with van der Waals surface area (Å²) in [6.45, 7) is 2.15. The van der Waals surface area contributed by atoms with Gasteiger partial charge in [-0.1, -0.05) is 36.5 Å². The maximum atomic E-state index is 5.81. The molecule has 0 aliphatic carbocycles. The van der Waals surface area contributed by atoms with Crippen molar-refractivity contribution in [1.82, 2.24) is 5.16 Å². The highest BCUT2D eigenvalue weighted by atomic mass is 35.5. The Morgan fingerprint density at radius 2 is 2.25 bits per heavy atom. The highest BCUT2D eigenvalue weighted by Gasteiger charge is 2.09. The smallest absolute Gasteiger partial charge is 0.185 e. The molecule has 0 fully saturated rings. The molecule has 4 heteroatoms. The van der Waals surface area contributed by atoms with Crippen molar-refractivity contribution in [2.24, 2.45) is 0 Å². The zero-order chi connectivity index (χ0) is 8.97. The van der Waals surface area contributed by atoms with Crippen LogP contribution in [0.3, 0.4) is 0 Å². The van der Waals surface area contributed by atoms with Gasteiger partial charge in [0.1, 0.15) is 5.02 Å². The molecule has 0 saturated heterocycles. The molecule has 0 amide bonds. The van der Waals surface area contributed by atoms with Gasteiger partial charge in [0.15, 0.2) is 11.6 Å². The van der Waals surface area contributed by atoms with Crippen LogP contribution in [0.1, 0.15) is 31.9 Å². The van der Waals surface area contributed by atoms with Gasteiger partial charge in [-0.2, -0.15) is 0 Å². The maximum Gasteiger partial charge on any atom is 0.185 e. The van der Waals surface area contributed by atoms with Crippen LogP contribution >= 0.6 is 11.6 Å². The first-order valence-corrected chi connectivity index (χ1v) is 4.53. The van der Waals surface area contributed by atoms with Gasteiger partial charge in [0.25, 0.3) is 0 Å². The first kappa shape index (κ1) is 9.39. The predicted molar refractivity (Wildman–Crippen MR) is 49.2 cm³/mol. The Kier molecular flexibility index (Phi) is 3.41. The van der Waals surface area contributed by atoms with Gasteiger partial charge in [0.05, 0.1) is 0 Å². The van der Waals surface area contributed by atoms with Crippen molar-refractivity contribution >= 4 is 17.4 Å². The molecular weight excluding hydrogens is 176 g/mol. The van der Waals surface area contributed by atoms with Crippen LogP contribution in [0.5, 0.6) is 0 Å². The molecule has 0 unspecified atom stereocenters. The number of rotatable bonds is 4. The summed E-state index contributed by atoms with van der Waals surface area (Å²) < 4.78 is 4.93. The van der Waals surface area contributed by atoms with Crippen LogP contribution in [-0.4, -0.2) is 5.16 Å². The van der Waals surface area contributed by atoms with E-state index >= 15 is 0 Å². The minimum atomic E-state index is 0.295. The SMILES string of the molecule is CCCCCc1onc(N)c1Cl. The lowest BCUT2D eigenvalue weighted by Crippen LogP contribution is -1.85. The Morgan fingerprint density at radius 1 is 1.50 bits per heavy atom. The van der Waals surface area contributed by atoms with Gasteiger partial charge in [-0.05, 0) is 6.42 Å². The fourth-order valence-electron chi connectivity index (χ4n) is 1.02. The number of aromatic nitrogens is 1. The number of nitrogen functional groups attached to an aromatic ring is 1. The number of nitrogens with two attached hydrogens (primary N) is 1. The summed E-state index contributed by atoms with van der Waals surface area (Å²) in [6, 6.07) is 0. The van der Waals surface area contributed by atoms with Crippen molar-refractivity contribution in [2.45, 2.75) is 32.6 Å². The summed E-state index contributed by atoms with van der Waals surface area (Å²) in [6.07, 6.45) is 4.26. The topological polar surface area (TPSA) is 52.0 Å². The number of hydrogen-bond donors (Lipinski definition) is 1. The lowest BCUT2D eigenvalue weighted by atomic mass is 10.2. The van der Waals surface area contributed by atoms with E-state index in [-0.39, 0.29) is 0 Å². The Labute approximate surface area is 76.9 Å². The van der Waals surface area contributed by atoms with Crippen LogP contribution in [0.4, 0.5) is 5.82 Å². The van der Waals surface area contributed by atoms with Gasteiger partial charge in [-0.25, -0.2) is 0 Å². The summed E-state index contributed by atoms with van der Waals surface area (Å²) in [7, 11) is 0. The first-order chi connectivity index (χ1) is 5.75. The van der Waals surface area contributed by atoms with E-state index in [1.54, 1.807) is 0 Å². The molecule has 0 aliphatic heterocycles. The molecule has 3 nitrogen and oxygen atoms in total. The van der Waals surface area contributed by atoms with Gasteiger partial charge in [0.2, 0.25) is 0 Å². The minimum absolute atomic E-state index is 0.295. The normalized spacial score (nSPS) is 10.5. The highest BCUT2D eigenvalue weighted by molar-refractivity contribution is 6.33. The Bertz CT molecular complexity index is 247. The van der Waals surface area contributed by atoms with Crippen molar-refractivity contribution < 1.29 is 4.52 Å². The largest absolute Gasteiger partial charge is 0.380 e. The summed E-state index contributed by atoms with van der Waals surface area (Å²) in [5.41, 5.74) is 5.41. The predicted octanol–water partition coefficient (Wildman–Crippen LogP) is 2.64. The van der Waals surface area contributed by atoms with E-state index < -0.39 is 0 Å². The number of nitrogens with zero attached hydrogens (tertiary/aromatic N) is 1. The molecule has 1 rings (SSSR count). The third kappa shape index (κ3) is 2.14. The van der Waals surface area contributed by atoms with Crippen LogP contribution < -0.4 is 5.73 Å². The zero-order valence-electron chi connectivity index (χ0n) is 7.14. The number of anilines is 1. The van der Waals surface area contributed by atoms with Gasteiger partial charge in [-0.15, -0.1) is 0 Å². The third-order valence-corrected chi connectivity index (χ3v) is 2.14. The maximum absolute atomic E-state index is 5.81. The van der Waals surface area contributed by atoms with Crippen LogP contribution in [0.15, 0.2) is 4.52 Å². The lowest BCUT2D eigenvalue weighted by molar-refractivity contribution is 0.382. The molecule has 0 aromatic carbocycles. The molecule has 1 heterocycles. The van der Waals surface area contributed by atoms with E-state index in [0.29, 0.717) is 16.6 Å². The number of unbranched alkanes of at least 4 members (excludes halogenated alkanes) is 2. The Hall–Kier alpha value is -0.700. The molecule has 12 heavy (non-hydrogen) atoms. The van der Waals surface area contributed by atoms with Crippen molar-refractivity contribution in [3.8, 4) is 0 Å². The van der Waals surface area contributed by atoms with E-state index in [1.165, 1.54) is 12.8 Å². The lowest BCUT2D eigenvalue weighted by Gasteiger charge is -1.94. The molecule has 0 spiro atoms. The van der Waals surface area contributed by atoms with E-state index in [4.69, 9.17) is 21.9 Å². The molecular formula is C8H13ClN2O.